The van der Waals surface area contributed by atoms with Crippen LogP contribution >= 0.6 is 0 Å². The van der Waals surface area contributed by atoms with E-state index in [-0.39, 0.29) is 12.1 Å². The summed E-state index contributed by atoms with van der Waals surface area (Å²) in [7, 11) is 4.09. The Morgan fingerprint density at radius 3 is 1.83 bits per heavy atom. The molecule has 0 spiro atoms. The van der Waals surface area contributed by atoms with E-state index in [0.717, 1.165) is 32.2 Å². The zero-order valence-electron chi connectivity index (χ0n) is 20.3. The first-order chi connectivity index (χ1) is 14.0. The van der Waals surface area contributed by atoms with E-state index in [1.54, 1.807) is 0 Å². The molecule has 0 aliphatic carbocycles. The standard InChI is InChI=1S/C26H51NO2/c1-6-7-8-9-10-13-16-20-25(29-26(28)22-18-23-27(4)5)21-17-14-11-12-15-19-24(2)3/h25H,2,6-23H2,1,3-5H3. The second-order valence-corrected chi connectivity index (χ2v) is 9.19. The van der Waals surface area contributed by atoms with E-state index in [9.17, 15) is 4.79 Å². The first-order valence-corrected chi connectivity index (χ1v) is 12.4. The van der Waals surface area contributed by atoms with Gasteiger partial charge in [-0.15, -0.1) is 6.58 Å². The van der Waals surface area contributed by atoms with Gasteiger partial charge in [-0.25, -0.2) is 0 Å². The van der Waals surface area contributed by atoms with Crippen molar-refractivity contribution in [2.75, 3.05) is 20.6 Å². The summed E-state index contributed by atoms with van der Waals surface area (Å²) >= 11 is 0. The molecule has 0 rings (SSSR count). The van der Waals surface area contributed by atoms with Gasteiger partial charge in [0, 0.05) is 6.42 Å². The van der Waals surface area contributed by atoms with E-state index >= 15 is 0 Å². The fraction of sp³-hybridized carbons (Fsp3) is 0.885. The Kier molecular flexibility index (Phi) is 19.9. The Labute approximate surface area is 182 Å². The summed E-state index contributed by atoms with van der Waals surface area (Å²) in [6.07, 6.45) is 20.3. The molecule has 3 nitrogen and oxygen atoms in total. The molecule has 0 saturated heterocycles. The van der Waals surface area contributed by atoms with Crippen LogP contribution < -0.4 is 0 Å². The van der Waals surface area contributed by atoms with Gasteiger partial charge < -0.3 is 9.64 Å². The molecule has 0 aliphatic heterocycles. The van der Waals surface area contributed by atoms with Crippen molar-refractivity contribution in [3.05, 3.63) is 12.2 Å². The van der Waals surface area contributed by atoms with Gasteiger partial charge in [-0.2, -0.15) is 0 Å². The summed E-state index contributed by atoms with van der Waals surface area (Å²) in [5, 5.41) is 0. The topological polar surface area (TPSA) is 29.5 Å². The number of carbonyl (C=O) groups excluding carboxylic acids is 1. The second kappa shape index (κ2) is 20.4. The molecule has 0 fully saturated rings. The average molecular weight is 410 g/mol. The molecule has 1 unspecified atom stereocenters. The second-order valence-electron chi connectivity index (χ2n) is 9.19. The summed E-state index contributed by atoms with van der Waals surface area (Å²) in [4.78, 5) is 14.4. The van der Waals surface area contributed by atoms with Crippen LogP contribution in [0.4, 0.5) is 0 Å². The lowest BCUT2D eigenvalue weighted by Gasteiger charge is -2.18. The third-order valence-corrected chi connectivity index (χ3v) is 5.54. The highest BCUT2D eigenvalue weighted by atomic mass is 16.5. The summed E-state index contributed by atoms with van der Waals surface area (Å²) in [6, 6.07) is 0. The lowest BCUT2D eigenvalue weighted by molar-refractivity contribution is -0.150. The largest absolute Gasteiger partial charge is 0.462 e. The zero-order chi connectivity index (χ0) is 21.7. The third kappa shape index (κ3) is 21.7. The van der Waals surface area contributed by atoms with Crippen LogP contribution in [0, 0.1) is 0 Å². The van der Waals surface area contributed by atoms with Gasteiger partial charge in [-0.1, -0.05) is 70.3 Å². The van der Waals surface area contributed by atoms with E-state index in [0.29, 0.717) is 6.42 Å². The fourth-order valence-electron chi connectivity index (χ4n) is 3.70. The highest BCUT2D eigenvalue weighted by molar-refractivity contribution is 5.69. The van der Waals surface area contributed by atoms with Crippen molar-refractivity contribution >= 4 is 5.97 Å². The molecule has 0 heterocycles. The minimum Gasteiger partial charge on any atom is -0.462 e. The molecule has 3 heteroatoms. The van der Waals surface area contributed by atoms with Gasteiger partial charge in [0.15, 0.2) is 0 Å². The third-order valence-electron chi connectivity index (χ3n) is 5.54. The van der Waals surface area contributed by atoms with E-state index < -0.39 is 0 Å². The summed E-state index contributed by atoms with van der Waals surface area (Å²) in [6.45, 7) is 9.30. The number of hydrogen-bond acceptors (Lipinski definition) is 3. The smallest absolute Gasteiger partial charge is 0.306 e. The molecule has 172 valence electrons. The molecular formula is C26H51NO2. The summed E-state index contributed by atoms with van der Waals surface area (Å²) in [5.74, 6) is 0.00116. The van der Waals surface area contributed by atoms with Gasteiger partial charge in [0.1, 0.15) is 6.10 Å². The van der Waals surface area contributed by atoms with E-state index in [1.807, 2.05) is 14.1 Å². The van der Waals surface area contributed by atoms with Gasteiger partial charge >= 0.3 is 5.97 Å². The molecule has 29 heavy (non-hydrogen) atoms. The Bertz CT molecular complexity index is 392. The number of nitrogens with zero attached hydrogens (tertiary/aromatic N) is 1. The predicted molar refractivity (Wildman–Crippen MR) is 127 cm³/mol. The van der Waals surface area contributed by atoms with Crippen LogP contribution in [0.3, 0.4) is 0 Å². The SMILES string of the molecule is C=C(C)CCCCCCCC(CCCCCCCCC)OC(=O)CCCN(C)C. The first kappa shape index (κ1) is 28.2. The summed E-state index contributed by atoms with van der Waals surface area (Å²) < 4.78 is 5.87. The number of hydrogen-bond donors (Lipinski definition) is 0. The van der Waals surface area contributed by atoms with Gasteiger partial charge in [-0.3, -0.25) is 4.79 Å². The normalized spacial score (nSPS) is 12.3. The van der Waals surface area contributed by atoms with Gasteiger partial charge in [0.2, 0.25) is 0 Å². The molecule has 0 bridgehead atoms. The van der Waals surface area contributed by atoms with Gasteiger partial charge in [0.25, 0.3) is 0 Å². The highest BCUT2D eigenvalue weighted by Crippen LogP contribution is 2.18. The lowest BCUT2D eigenvalue weighted by Crippen LogP contribution is -2.20. The number of esters is 1. The van der Waals surface area contributed by atoms with Crippen molar-refractivity contribution in [2.24, 2.45) is 0 Å². The molecule has 0 aromatic carbocycles. The van der Waals surface area contributed by atoms with E-state index in [1.165, 1.54) is 82.6 Å². The monoisotopic (exact) mass is 409 g/mol. The molecule has 0 N–H and O–H groups in total. The minimum atomic E-state index is 0.00116. The first-order valence-electron chi connectivity index (χ1n) is 12.4. The maximum absolute atomic E-state index is 12.2. The number of carbonyl (C=O) groups is 1. The van der Waals surface area contributed by atoms with Crippen LogP contribution in [-0.4, -0.2) is 37.6 Å². The number of unbranched alkanes of at least 4 members (excludes halogenated alkanes) is 10. The Balaban J connectivity index is 4.06. The molecular weight excluding hydrogens is 358 g/mol. The minimum absolute atomic E-state index is 0.00116. The van der Waals surface area contributed by atoms with Crippen molar-refractivity contribution in [3.63, 3.8) is 0 Å². The molecule has 0 aromatic rings. The van der Waals surface area contributed by atoms with Crippen LogP contribution in [0.5, 0.6) is 0 Å². The van der Waals surface area contributed by atoms with Crippen LogP contribution in [0.15, 0.2) is 12.2 Å². The Morgan fingerprint density at radius 1 is 0.793 bits per heavy atom. The lowest BCUT2D eigenvalue weighted by atomic mass is 10.0. The molecule has 0 amide bonds. The van der Waals surface area contributed by atoms with Gasteiger partial charge in [-0.05, 0) is 72.5 Å². The maximum Gasteiger partial charge on any atom is 0.306 e. The van der Waals surface area contributed by atoms with E-state index in [2.05, 4.69) is 25.3 Å². The molecule has 1 atom stereocenters. The molecule has 0 saturated carbocycles. The Morgan fingerprint density at radius 2 is 1.31 bits per heavy atom. The quantitative estimate of drug-likeness (QED) is 0.110. The number of rotatable bonds is 21. The van der Waals surface area contributed by atoms with Crippen molar-refractivity contribution in [1.82, 2.24) is 4.90 Å². The number of ether oxygens (including phenoxy) is 1. The summed E-state index contributed by atoms with van der Waals surface area (Å²) in [5.41, 5.74) is 1.29. The fourth-order valence-corrected chi connectivity index (χ4v) is 3.70. The van der Waals surface area contributed by atoms with Crippen LogP contribution in [0.25, 0.3) is 0 Å². The van der Waals surface area contributed by atoms with Crippen molar-refractivity contribution in [3.8, 4) is 0 Å². The number of allylic oxidation sites excluding steroid dienone is 1. The van der Waals surface area contributed by atoms with Gasteiger partial charge in [0.05, 0.1) is 0 Å². The van der Waals surface area contributed by atoms with E-state index in [4.69, 9.17) is 4.74 Å². The van der Waals surface area contributed by atoms with Crippen molar-refractivity contribution in [1.29, 1.82) is 0 Å². The van der Waals surface area contributed by atoms with Crippen LogP contribution in [0.1, 0.15) is 123 Å². The molecule has 0 radical (unpaired) electrons. The van der Waals surface area contributed by atoms with Crippen molar-refractivity contribution < 1.29 is 9.53 Å². The van der Waals surface area contributed by atoms with Crippen LogP contribution in [-0.2, 0) is 9.53 Å². The molecule has 0 aromatic heterocycles. The van der Waals surface area contributed by atoms with Crippen molar-refractivity contribution in [2.45, 2.75) is 129 Å². The average Bonchev–Trinajstić information content (AvgIpc) is 2.65. The van der Waals surface area contributed by atoms with Crippen LogP contribution in [0.2, 0.25) is 0 Å². The zero-order valence-corrected chi connectivity index (χ0v) is 20.3. The maximum atomic E-state index is 12.2. The molecule has 0 aliphatic rings. The Hall–Kier alpha value is -0.830. The highest BCUT2D eigenvalue weighted by Gasteiger charge is 2.14. The predicted octanol–water partition coefficient (Wildman–Crippen LogP) is 7.69.